The van der Waals surface area contributed by atoms with Crippen molar-refractivity contribution in [2.45, 2.75) is 13.0 Å². The maximum atomic E-state index is 13.5. The number of rotatable bonds is 5. The number of carboxylic acid groups (broad SMARTS) is 1. The van der Waals surface area contributed by atoms with Gasteiger partial charge in [-0.2, -0.15) is 4.98 Å². The third-order valence-corrected chi connectivity index (χ3v) is 6.72. The summed E-state index contributed by atoms with van der Waals surface area (Å²) in [5.74, 6) is 0.623. The Balaban J connectivity index is 1.40. The number of nitrogens with zero attached hydrogens (tertiary/aromatic N) is 6. The first kappa shape index (κ1) is 24.2. The van der Waals surface area contributed by atoms with Crippen LogP contribution in [-0.4, -0.2) is 78.0 Å². The smallest absolute Gasteiger partial charge is 0.337 e. The van der Waals surface area contributed by atoms with Crippen molar-refractivity contribution < 1.29 is 19.0 Å². The van der Waals surface area contributed by atoms with E-state index in [-0.39, 0.29) is 17.4 Å². The van der Waals surface area contributed by atoms with E-state index in [1.807, 2.05) is 11.0 Å². The zero-order valence-electron chi connectivity index (χ0n) is 19.8. The van der Waals surface area contributed by atoms with E-state index in [1.54, 1.807) is 12.1 Å². The van der Waals surface area contributed by atoms with Crippen LogP contribution in [0.2, 0.25) is 5.02 Å². The van der Waals surface area contributed by atoms with Crippen molar-refractivity contribution in [3.63, 3.8) is 0 Å². The molecule has 0 saturated carbocycles. The highest BCUT2D eigenvalue weighted by Crippen LogP contribution is 2.29. The summed E-state index contributed by atoms with van der Waals surface area (Å²) < 4.78 is 19.1. The van der Waals surface area contributed by atoms with Crippen molar-refractivity contribution in [3.05, 3.63) is 59.0 Å². The molecule has 3 aromatic rings. The second-order valence-electron chi connectivity index (χ2n) is 8.84. The second-order valence-corrected chi connectivity index (χ2v) is 9.25. The largest absolute Gasteiger partial charge is 0.478 e. The van der Waals surface area contributed by atoms with Crippen molar-refractivity contribution >= 4 is 35.2 Å². The first-order valence-corrected chi connectivity index (χ1v) is 12.1. The number of anilines is 3. The average molecular weight is 513 g/mol. The van der Waals surface area contributed by atoms with Gasteiger partial charge in [-0.05, 0) is 37.3 Å². The molecule has 5 rings (SSSR count). The van der Waals surface area contributed by atoms with E-state index >= 15 is 0 Å². The molecule has 188 valence electrons. The summed E-state index contributed by atoms with van der Waals surface area (Å²) in [5.41, 5.74) is 1.60. The van der Waals surface area contributed by atoms with Crippen molar-refractivity contribution in [1.82, 2.24) is 15.0 Å². The van der Waals surface area contributed by atoms with Gasteiger partial charge in [-0.3, -0.25) is 0 Å². The number of benzene rings is 1. The van der Waals surface area contributed by atoms with Gasteiger partial charge in [0.05, 0.1) is 35.5 Å². The van der Waals surface area contributed by atoms with E-state index in [1.165, 1.54) is 24.4 Å². The van der Waals surface area contributed by atoms with Crippen LogP contribution in [-0.2, 0) is 4.74 Å². The Morgan fingerprint density at radius 1 is 1.08 bits per heavy atom. The van der Waals surface area contributed by atoms with Gasteiger partial charge in [0.15, 0.2) is 0 Å². The van der Waals surface area contributed by atoms with E-state index in [4.69, 9.17) is 31.4 Å². The summed E-state index contributed by atoms with van der Waals surface area (Å²) in [6.07, 6.45) is 1.32. The Morgan fingerprint density at radius 3 is 2.47 bits per heavy atom. The van der Waals surface area contributed by atoms with Gasteiger partial charge in [-0.1, -0.05) is 11.6 Å². The molecular weight excluding hydrogens is 487 g/mol. The molecule has 0 spiro atoms. The van der Waals surface area contributed by atoms with Crippen LogP contribution in [0.1, 0.15) is 17.3 Å². The highest BCUT2D eigenvalue weighted by Gasteiger charge is 2.26. The Kier molecular flexibility index (Phi) is 6.88. The minimum atomic E-state index is -1.06. The fraction of sp³-hybridized carbons (Fsp3) is 0.360. The lowest BCUT2D eigenvalue weighted by atomic mass is 10.1. The zero-order valence-corrected chi connectivity index (χ0v) is 20.5. The number of hydrogen-bond donors (Lipinski definition) is 1. The molecule has 2 aliphatic rings. The molecule has 2 fully saturated rings. The van der Waals surface area contributed by atoms with Crippen molar-refractivity contribution in [2.24, 2.45) is 0 Å². The number of pyridine rings is 1. The van der Waals surface area contributed by atoms with Crippen LogP contribution in [0, 0.1) is 5.82 Å². The fourth-order valence-corrected chi connectivity index (χ4v) is 4.72. The quantitative estimate of drug-likeness (QED) is 0.550. The standard InChI is InChI=1S/C25H26ClFN6O3/c1-16-15-36-11-10-33(16)25-29-21(17-2-4-19(27)5-3-17)13-22(30-25)31-6-8-32(9-7-31)23-20(26)12-18(14-28-23)24(34)35/h2-5,12-14,16H,6-11,15H2,1H3,(H,34,35). The molecule has 1 unspecified atom stereocenters. The molecule has 2 aliphatic heterocycles. The third-order valence-electron chi connectivity index (χ3n) is 6.44. The molecule has 9 nitrogen and oxygen atoms in total. The van der Waals surface area contributed by atoms with Crippen LogP contribution >= 0.6 is 11.6 Å². The van der Waals surface area contributed by atoms with Crippen LogP contribution in [0.4, 0.5) is 22.0 Å². The van der Waals surface area contributed by atoms with Crippen LogP contribution in [0.5, 0.6) is 0 Å². The van der Waals surface area contributed by atoms with E-state index in [0.29, 0.717) is 62.7 Å². The van der Waals surface area contributed by atoms with Crippen molar-refractivity contribution in [3.8, 4) is 11.3 Å². The van der Waals surface area contributed by atoms with E-state index in [0.717, 1.165) is 17.1 Å². The van der Waals surface area contributed by atoms with Gasteiger partial charge in [0.2, 0.25) is 5.95 Å². The van der Waals surface area contributed by atoms with E-state index in [9.17, 15) is 9.18 Å². The number of aromatic carboxylic acids is 1. The third kappa shape index (κ3) is 5.05. The molecule has 2 aromatic heterocycles. The number of carbonyl (C=O) groups is 1. The van der Waals surface area contributed by atoms with Crippen LogP contribution in [0.3, 0.4) is 0 Å². The van der Waals surface area contributed by atoms with Gasteiger partial charge in [0.1, 0.15) is 17.5 Å². The molecule has 0 amide bonds. The first-order chi connectivity index (χ1) is 17.4. The normalized spacial score (nSPS) is 18.4. The molecular formula is C25H26ClFN6O3. The van der Waals surface area contributed by atoms with Crippen molar-refractivity contribution in [2.75, 3.05) is 60.6 Å². The van der Waals surface area contributed by atoms with E-state index < -0.39 is 5.97 Å². The summed E-state index contributed by atoms with van der Waals surface area (Å²) in [6.45, 7) is 6.59. The Hall–Kier alpha value is -3.50. The molecule has 2 saturated heterocycles. The number of ether oxygens (including phenoxy) is 1. The predicted molar refractivity (Wildman–Crippen MR) is 136 cm³/mol. The summed E-state index contributed by atoms with van der Waals surface area (Å²) in [4.78, 5) is 31.6. The van der Waals surface area contributed by atoms with Gasteiger partial charge in [0.25, 0.3) is 0 Å². The molecule has 36 heavy (non-hydrogen) atoms. The topological polar surface area (TPSA) is 94.9 Å². The van der Waals surface area contributed by atoms with Gasteiger partial charge in [-0.15, -0.1) is 0 Å². The maximum Gasteiger partial charge on any atom is 0.337 e. The molecule has 4 heterocycles. The molecule has 1 N–H and O–H groups in total. The highest BCUT2D eigenvalue weighted by molar-refractivity contribution is 6.33. The van der Waals surface area contributed by atoms with E-state index in [2.05, 4.69) is 21.7 Å². The maximum absolute atomic E-state index is 13.5. The Labute approximate surface area is 213 Å². The van der Waals surface area contributed by atoms with Crippen LogP contribution in [0.25, 0.3) is 11.3 Å². The summed E-state index contributed by atoms with van der Waals surface area (Å²) in [7, 11) is 0. The number of morpholine rings is 1. The number of piperazine rings is 1. The second kappa shape index (κ2) is 10.2. The van der Waals surface area contributed by atoms with Crippen LogP contribution in [0.15, 0.2) is 42.6 Å². The van der Waals surface area contributed by atoms with Gasteiger partial charge in [0, 0.05) is 50.6 Å². The number of halogens is 2. The minimum Gasteiger partial charge on any atom is -0.478 e. The molecule has 1 aromatic carbocycles. The number of hydrogen-bond acceptors (Lipinski definition) is 8. The lowest BCUT2D eigenvalue weighted by Gasteiger charge is -2.37. The summed E-state index contributed by atoms with van der Waals surface area (Å²) in [5, 5.41) is 9.48. The Bertz CT molecular complexity index is 1250. The lowest BCUT2D eigenvalue weighted by Crippen LogP contribution is -2.48. The Morgan fingerprint density at radius 2 is 1.81 bits per heavy atom. The minimum absolute atomic E-state index is 0.0570. The molecule has 0 bridgehead atoms. The molecule has 0 aliphatic carbocycles. The van der Waals surface area contributed by atoms with Gasteiger partial charge >= 0.3 is 5.97 Å². The predicted octanol–water partition coefficient (Wildman–Crippen LogP) is 3.58. The SMILES string of the molecule is CC1COCCN1c1nc(-c2ccc(F)cc2)cc(N2CCN(c3ncc(C(=O)O)cc3Cl)CC2)n1. The van der Waals surface area contributed by atoms with Crippen molar-refractivity contribution in [1.29, 1.82) is 0 Å². The van der Waals surface area contributed by atoms with Gasteiger partial charge < -0.3 is 24.5 Å². The van der Waals surface area contributed by atoms with Crippen LogP contribution < -0.4 is 14.7 Å². The fourth-order valence-electron chi connectivity index (χ4n) is 4.43. The average Bonchev–Trinajstić information content (AvgIpc) is 2.89. The number of aromatic nitrogens is 3. The zero-order chi connectivity index (χ0) is 25.2. The molecule has 11 heteroatoms. The monoisotopic (exact) mass is 512 g/mol. The molecule has 0 radical (unpaired) electrons. The number of carboxylic acids is 1. The molecule has 1 atom stereocenters. The summed E-state index contributed by atoms with van der Waals surface area (Å²) >= 11 is 6.34. The lowest BCUT2D eigenvalue weighted by molar-refractivity contribution is 0.0696. The first-order valence-electron chi connectivity index (χ1n) is 11.8. The van der Waals surface area contributed by atoms with Gasteiger partial charge in [-0.25, -0.2) is 19.2 Å². The highest BCUT2D eigenvalue weighted by atomic mass is 35.5. The summed E-state index contributed by atoms with van der Waals surface area (Å²) in [6, 6.07) is 9.80.